The van der Waals surface area contributed by atoms with Crippen LogP contribution in [0.3, 0.4) is 0 Å². The zero-order chi connectivity index (χ0) is 18.5. The lowest BCUT2D eigenvalue weighted by atomic mass is 9.49. The fraction of sp³-hybridized carbons (Fsp3) is 0.722. The van der Waals surface area contributed by atoms with Gasteiger partial charge >= 0.3 is 5.97 Å². The van der Waals surface area contributed by atoms with E-state index in [0.717, 1.165) is 18.3 Å². The summed E-state index contributed by atoms with van der Waals surface area (Å²) in [7, 11) is 0. The Kier molecular flexibility index (Phi) is 4.28. The first-order valence-corrected chi connectivity index (χ1v) is 9.91. The molecule has 3 N–H and O–H groups in total. The van der Waals surface area contributed by atoms with Crippen molar-refractivity contribution in [3.05, 3.63) is 11.3 Å². The third-order valence-corrected chi connectivity index (χ3v) is 7.13. The molecule has 7 nitrogen and oxygen atoms in total. The van der Waals surface area contributed by atoms with Gasteiger partial charge in [-0.1, -0.05) is 21.1 Å². The Bertz CT molecular complexity index is 713. The number of carbonyl (C=O) groups is 2. The van der Waals surface area contributed by atoms with Gasteiger partial charge in [-0.3, -0.25) is 4.79 Å². The lowest BCUT2D eigenvalue weighted by Crippen LogP contribution is -2.56. The lowest BCUT2D eigenvalue weighted by molar-refractivity contribution is -0.126. The highest BCUT2D eigenvalue weighted by atomic mass is 79.9. The zero-order valence-electron chi connectivity index (χ0n) is 14.8. The molecule has 4 saturated carbocycles. The molecule has 2 unspecified atom stereocenters. The maximum absolute atomic E-state index is 12.2. The van der Waals surface area contributed by atoms with Crippen LogP contribution >= 0.6 is 15.9 Å². The first kappa shape index (κ1) is 17.8. The number of nitrogens with zero attached hydrogens (tertiary/aromatic N) is 1. The van der Waals surface area contributed by atoms with Crippen molar-refractivity contribution in [2.24, 2.45) is 17.3 Å². The molecular weight excluding hydrogens is 402 g/mol. The van der Waals surface area contributed by atoms with Crippen LogP contribution in [-0.4, -0.2) is 34.5 Å². The molecule has 0 spiro atoms. The molecule has 1 heterocycles. The Hall–Kier alpha value is -1.57. The summed E-state index contributed by atoms with van der Waals surface area (Å²) >= 11 is 3.98. The second-order valence-electron chi connectivity index (χ2n) is 8.47. The average Bonchev–Trinajstić information content (AvgIpc) is 2.87. The largest absolute Gasteiger partial charge is 0.452 e. The highest BCUT2D eigenvalue weighted by Gasteiger charge is 2.56. The molecule has 1 aromatic heterocycles. The van der Waals surface area contributed by atoms with E-state index in [2.05, 4.69) is 26.4 Å². The maximum Gasteiger partial charge on any atom is 0.346 e. The third-order valence-electron chi connectivity index (χ3n) is 6.20. The first-order chi connectivity index (χ1) is 12.3. The molecule has 142 valence electrons. The fourth-order valence-electron chi connectivity index (χ4n) is 5.72. The van der Waals surface area contributed by atoms with Crippen molar-refractivity contribution in [2.75, 3.05) is 18.9 Å². The number of aryl methyl sites for hydroxylation is 1. The van der Waals surface area contributed by atoms with E-state index in [1.807, 2.05) is 0 Å². The Balaban J connectivity index is 1.30. The number of aromatic nitrogens is 1. The Morgan fingerprint density at radius 2 is 2.04 bits per heavy atom. The molecule has 0 saturated heterocycles. The summed E-state index contributed by atoms with van der Waals surface area (Å²) in [5.74, 6) is 0.467. The van der Waals surface area contributed by atoms with Crippen molar-refractivity contribution >= 4 is 33.7 Å². The van der Waals surface area contributed by atoms with Crippen molar-refractivity contribution < 1.29 is 18.8 Å². The number of alkyl halides is 1. The van der Waals surface area contributed by atoms with Gasteiger partial charge in [0.1, 0.15) is 5.56 Å². The number of hydrogen-bond donors (Lipinski definition) is 2. The summed E-state index contributed by atoms with van der Waals surface area (Å²) < 4.78 is 10.1. The summed E-state index contributed by atoms with van der Waals surface area (Å²) in [4.78, 5) is 24.2. The monoisotopic (exact) mass is 425 g/mol. The van der Waals surface area contributed by atoms with E-state index in [1.54, 1.807) is 6.92 Å². The normalized spacial score (nSPS) is 34.7. The van der Waals surface area contributed by atoms with Gasteiger partial charge in [0.15, 0.2) is 6.61 Å². The fourth-order valence-corrected chi connectivity index (χ4v) is 7.23. The van der Waals surface area contributed by atoms with Gasteiger partial charge in [-0.25, -0.2) is 4.79 Å². The summed E-state index contributed by atoms with van der Waals surface area (Å²) in [6, 6.07) is 0. The average molecular weight is 426 g/mol. The van der Waals surface area contributed by atoms with Crippen LogP contribution in [0.5, 0.6) is 0 Å². The van der Waals surface area contributed by atoms with E-state index in [0.29, 0.717) is 12.2 Å². The van der Waals surface area contributed by atoms with Crippen molar-refractivity contribution in [1.29, 1.82) is 0 Å². The van der Waals surface area contributed by atoms with Crippen molar-refractivity contribution in [3.8, 4) is 0 Å². The molecule has 5 rings (SSSR count). The van der Waals surface area contributed by atoms with Gasteiger partial charge < -0.3 is 20.3 Å². The lowest BCUT2D eigenvalue weighted by Gasteiger charge is -2.60. The van der Waals surface area contributed by atoms with E-state index in [9.17, 15) is 9.59 Å². The van der Waals surface area contributed by atoms with Crippen LogP contribution in [0.25, 0.3) is 0 Å². The van der Waals surface area contributed by atoms with Crippen LogP contribution in [0.2, 0.25) is 0 Å². The van der Waals surface area contributed by atoms with E-state index >= 15 is 0 Å². The molecule has 4 bridgehead atoms. The van der Waals surface area contributed by atoms with Crippen LogP contribution in [0.1, 0.15) is 54.6 Å². The van der Waals surface area contributed by atoms with Crippen LogP contribution in [0.4, 0.5) is 5.88 Å². The molecule has 26 heavy (non-hydrogen) atoms. The van der Waals surface area contributed by atoms with Gasteiger partial charge in [0.2, 0.25) is 5.88 Å². The van der Waals surface area contributed by atoms with Gasteiger partial charge in [-0.2, -0.15) is 0 Å². The molecule has 0 radical (unpaired) electrons. The minimum Gasteiger partial charge on any atom is -0.452 e. The Morgan fingerprint density at radius 1 is 1.35 bits per heavy atom. The van der Waals surface area contributed by atoms with Crippen molar-refractivity contribution in [1.82, 2.24) is 10.5 Å². The van der Waals surface area contributed by atoms with Crippen molar-refractivity contribution in [3.63, 3.8) is 0 Å². The number of ether oxygens (including phenoxy) is 1. The van der Waals surface area contributed by atoms with E-state index in [4.69, 9.17) is 15.0 Å². The quantitative estimate of drug-likeness (QED) is 0.554. The number of carbonyl (C=O) groups excluding carboxylic acids is 2. The second kappa shape index (κ2) is 6.25. The maximum atomic E-state index is 12.2. The van der Waals surface area contributed by atoms with Gasteiger partial charge in [-0.05, 0) is 62.7 Å². The van der Waals surface area contributed by atoms with Gasteiger partial charge in [0.05, 0.1) is 5.69 Å². The molecule has 2 atom stereocenters. The first-order valence-electron chi connectivity index (χ1n) is 9.12. The van der Waals surface area contributed by atoms with E-state index in [-0.39, 0.29) is 33.7 Å². The highest BCUT2D eigenvalue weighted by molar-refractivity contribution is 9.10. The number of hydrogen-bond acceptors (Lipinski definition) is 6. The minimum absolute atomic E-state index is 0.0834. The highest BCUT2D eigenvalue weighted by Crippen LogP contribution is 2.64. The van der Waals surface area contributed by atoms with Gasteiger partial charge in [-0.15, -0.1) is 0 Å². The molecule has 8 heteroatoms. The summed E-state index contributed by atoms with van der Waals surface area (Å²) in [6.07, 6.45) is 7.34. The predicted octanol–water partition coefficient (Wildman–Crippen LogP) is 2.57. The number of amides is 1. The van der Waals surface area contributed by atoms with E-state index in [1.165, 1.54) is 32.1 Å². The minimum atomic E-state index is -0.689. The smallest absolute Gasteiger partial charge is 0.346 e. The van der Waals surface area contributed by atoms with E-state index < -0.39 is 5.97 Å². The topological polar surface area (TPSA) is 107 Å². The van der Waals surface area contributed by atoms with Crippen LogP contribution in [-0.2, 0) is 9.53 Å². The predicted molar refractivity (Wildman–Crippen MR) is 97.7 cm³/mol. The molecule has 4 aliphatic rings. The molecule has 1 aromatic rings. The second-order valence-corrected chi connectivity index (χ2v) is 10.2. The van der Waals surface area contributed by atoms with Crippen LogP contribution in [0.15, 0.2) is 4.52 Å². The number of nitrogen functional groups attached to an aromatic ring is 1. The summed E-state index contributed by atoms with van der Waals surface area (Å²) in [6.45, 7) is 1.92. The molecule has 0 aromatic carbocycles. The molecule has 4 aliphatic carbocycles. The SMILES string of the molecule is Cc1noc(N)c1C(=O)OCC(=O)NCC12CC3CC(CC(Br)(C3)C1)C2. The number of halogens is 1. The number of nitrogens with one attached hydrogen (secondary N) is 1. The molecule has 4 fully saturated rings. The number of nitrogens with two attached hydrogens (primary N) is 1. The zero-order valence-corrected chi connectivity index (χ0v) is 16.4. The Morgan fingerprint density at radius 3 is 2.62 bits per heavy atom. The van der Waals surface area contributed by atoms with Crippen LogP contribution in [0, 0.1) is 24.2 Å². The standard InChI is InChI=1S/C18H24BrN3O4/c1-10-14(15(20)26-22-10)16(24)25-7-13(23)21-9-17-3-11-2-12(4-17)6-18(19,5-11)8-17/h11-12H,2-9,20H2,1H3,(H,21,23). The summed E-state index contributed by atoms with van der Waals surface area (Å²) in [5.41, 5.74) is 6.17. The third kappa shape index (κ3) is 3.23. The van der Waals surface area contributed by atoms with Crippen LogP contribution < -0.4 is 11.1 Å². The number of esters is 1. The Labute approximate surface area is 160 Å². The molecular formula is C18H24BrN3O4. The number of rotatable bonds is 5. The molecule has 1 amide bonds. The van der Waals surface area contributed by atoms with Crippen molar-refractivity contribution in [2.45, 2.75) is 49.8 Å². The van der Waals surface area contributed by atoms with Gasteiger partial charge in [0.25, 0.3) is 5.91 Å². The van der Waals surface area contributed by atoms with Gasteiger partial charge in [0, 0.05) is 10.9 Å². The molecule has 0 aliphatic heterocycles. The number of anilines is 1. The summed E-state index contributed by atoms with van der Waals surface area (Å²) in [5, 5.41) is 6.59.